The van der Waals surface area contributed by atoms with Gasteiger partial charge >= 0.3 is 0 Å². The lowest BCUT2D eigenvalue weighted by atomic mass is 10.2. The number of aromatic nitrogens is 2. The number of sulfone groups is 1. The van der Waals surface area contributed by atoms with Crippen LogP contribution in [0.15, 0.2) is 48.5 Å². The molecule has 31 heavy (non-hydrogen) atoms. The molecule has 0 aliphatic carbocycles. The molecule has 0 saturated heterocycles. The van der Waals surface area contributed by atoms with Gasteiger partial charge in [-0.15, -0.1) is 0 Å². The maximum absolute atomic E-state index is 12.7. The van der Waals surface area contributed by atoms with Gasteiger partial charge in [0.05, 0.1) is 22.9 Å². The molecule has 158 valence electrons. The van der Waals surface area contributed by atoms with E-state index in [1.165, 1.54) is 10.8 Å². The second-order valence-electron chi connectivity index (χ2n) is 7.13. The number of amides is 1. The predicted molar refractivity (Wildman–Crippen MR) is 115 cm³/mol. The number of halogens is 1. The zero-order valence-corrected chi connectivity index (χ0v) is 17.6. The number of nitrogens with zero attached hydrogens (tertiary/aromatic N) is 2. The molecule has 1 aromatic heterocycles. The molecule has 10 heteroatoms. The Bertz CT molecular complexity index is 1330. The summed E-state index contributed by atoms with van der Waals surface area (Å²) in [5.74, 6) is 0.867. The molecule has 0 unspecified atom stereocenters. The Kier molecular flexibility index (Phi) is 4.71. The molecule has 0 fully saturated rings. The lowest BCUT2D eigenvalue weighted by molar-refractivity contribution is -0.111. The van der Waals surface area contributed by atoms with Gasteiger partial charge in [-0.2, -0.15) is 5.10 Å². The Morgan fingerprint density at radius 2 is 1.87 bits per heavy atom. The summed E-state index contributed by atoms with van der Waals surface area (Å²) in [5.41, 5.74) is 2.36. The first kappa shape index (κ1) is 19.7. The van der Waals surface area contributed by atoms with Crippen molar-refractivity contribution in [2.75, 3.05) is 12.1 Å². The minimum absolute atomic E-state index is 0.154. The van der Waals surface area contributed by atoms with Gasteiger partial charge in [0.15, 0.2) is 21.3 Å². The highest BCUT2D eigenvalue weighted by atomic mass is 35.5. The Labute approximate surface area is 183 Å². The van der Waals surface area contributed by atoms with E-state index < -0.39 is 15.7 Å². The van der Waals surface area contributed by atoms with Crippen molar-refractivity contribution in [1.82, 2.24) is 9.78 Å². The van der Waals surface area contributed by atoms with Crippen molar-refractivity contribution in [2.45, 2.75) is 11.5 Å². The molecule has 2 aromatic carbocycles. The van der Waals surface area contributed by atoms with Crippen molar-refractivity contribution in [2.24, 2.45) is 0 Å². The molecule has 3 heterocycles. The Balaban J connectivity index is 1.44. The van der Waals surface area contributed by atoms with Crippen LogP contribution in [0.5, 0.6) is 11.5 Å². The third-order valence-electron chi connectivity index (χ3n) is 4.92. The van der Waals surface area contributed by atoms with Crippen molar-refractivity contribution in [3.8, 4) is 17.2 Å². The van der Waals surface area contributed by atoms with Crippen LogP contribution in [0.4, 0.5) is 5.82 Å². The van der Waals surface area contributed by atoms with Gasteiger partial charge < -0.3 is 14.8 Å². The fraction of sp³-hybridized carbons (Fsp3) is 0.143. The van der Waals surface area contributed by atoms with E-state index >= 15 is 0 Å². The molecular formula is C21H16ClN3O5S. The summed E-state index contributed by atoms with van der Waals surface area (Å²) in [7, 11) is -3.28. The van der Waals surface area contributed by atoms with Gasteiger partial charge in [0, 0.05) is 16.7 Å². The van der Waals surface area contributed by atoms with E-state index in [-0.39, 0.29) is 18.3 Å². The maximum Gasteiger partial charge on any atom is 0.249 e. The largest absolute Gasteiger partial charge is 0.454 e. The van der Waals surface area contributed by atoms with Crippen molar-refractivity contribution in [3.63, 3.8) is 0 Å². The van der Waals surface area contributed by atoms with E-state index in [1.807, 2.05) is 0 Å². The van der Waals surface area contributed by atoms with Gasteiger partial charge in [-0.25, -0.2) is 13.1 Å². The first-order valence-electron chi connectivity index (χ1n) is 9.34. The van der Waals surface area contributed by atoms with Gasteiger partial charge in [0.1, 0.15) is 5.82 Å². The minimum Gasteiger partial charge on any atom is -0.454 e. The number of carbonyl (C=O) groups excluding carboxylic acids is 1. The summed E-state index contributed by atoms with van der Waals surface area (Å²) < 4.78 is 36.3. The molecule has 0 radical (unpaired) electrons. The van der Waals surface area contributed by atoms with E-state index in [0.717, 1.165) is 5.56 Å². The van der Waals surface area contributed by atoms with Gasteiger partial charge in [-0.1, -0.05) is 17.7 Å². The normalized spacial score (nSPS) is 15.9. The quantitative estimate of drug-likeness (QED) is 0.603. The van der Waals surface area contributed by atoms with Crippen LogP contribution in [0.1, 0.15) is 16.8 Å². The maximum atomic E-state index is 12.7. The Morgan fingerprint density at radius 3 is 2.68 bits per heavy atom. The lowest BCUT2D eigenvalue weighted by Gasteiger charge is -2.10. The average molecular weight is 458 g/mol. The highest BCUT2D eigenvalue weighted by Crippen LogP contribution is 2.34. The molecule has 1 N–H and O–H groups in total. The highest BCUT2D eigenvalue weighted by molar-refractivity contribution is 7.90. The molecule has 1 amide bonds. The number of hydrogen-bond donors (Lipinski definition) is 1. The van der Waals surface area contributed by atoms with Crippen LogP contribution < -0.4 is 14.8 Å². The Hall–Kier alpha value is -3.30. The number of fused-ring (bicyclic) bond motifs is 2. The zero-order chi connectivity index (χ0) is 21.6. The summed E-state index contributed by atoms with van der Waals surface area (Å²) in [5, 5.41) is 7.77. The standard InChI is InChI=1S/C21H16ClN3O5S/c22-14-3-5-15(6-4-14)25-21(16-10-31(27,28)11-17(16)24-25)23-20(26)8-2-13-1-7-18-19(9-13)30-12-29-18/h1-9H,10-12H2,(H,23,26). The minimum atomic E-state index is -3.28. The molecular weight excluding hydrogens is 442 g/mol. The zero-order valence-electron chi connectivity index (χ0n) is 16.0. The number of rotatable bonds is 4. The monoisotopic (exact) mass is 457 g/mol. The van der Waals surface area contributed by atoms with Gasteiger partial charge in [-0.05, 0) is 48.0 Å². The number of benzene rings is 2. The van der Waals surface area contributed by atoms with Crippen molar-refractivity contribution < 1.29 is 22.7 Å². The lowest BCUT2D eigenvalue weighted by Crippen LogP contribution is -2.14. The number of nitrogens with one attached hydrogen (secondary N) is 1. The molecule has 2 aliphatic heterocycles. The van der Waals surface area contributed by atoms with Crippen LogP contribution in [0.2, 0.25) is 5.02 Å². The van der Waals surface area contributed by atoms with Gasteiger partial charge in [0.2, 0.25) is 12.7 Å². The predicted octanol–water partition coefficient (Wildman–Crippen LogP) is 3.33. The summed E-state index contributed by atoms with van der Waals surface area (Å²) in [6.07, 6.45) is 3.00. The molecule has 2 aliphatic rings. The molecule has 5 rings (SSSR count). The van der Waals surface area contributed by atoms with E-state index in [1.54, 1.807) is 48.5 Å². The topological polar surface area (TPSA) is 99.5 Å². The highest BCUT2D eigenvalue weighted by Gasteiger charge is 2.33. The number of hydrogen-bond acceptors (Lipinski definition) is 6. The van der Waals surface area contributed by atoms with Crippen molar-refractivity contribution in [1.29, 1.82) is 0 Å². The molecule has 0 atom stereocenters. The molecule has 8 nitrogen and oxygen atoms in total. The number of carbonyl (C=O) groups is 1. The van der Waals surface area contributed by atoms with Crippen LogP contribution in [-0.2, 0) is 26.1 Å². The third-order valence-corrected chi connectivity index (χ3v) is 6.62. The van der Waals surface area contributed by atoms with E-state index in [0.29, 0.717) is 39.3 Å². The average Bonchev–Trinajstić information content (AvgIpc) is 3.40. The van der Waals surface area contributed by atoms with Crippen molar-refractivity contribution in [3.05, 3.63) is 70.4 Å². The van der Waals surface area contributed by atoms with Gasteiger partial charge in [0.25, 0.3) is 0 Å². The van der Waals surface area contributed by atoms with E-state index in [2.05, 4.69) is 10.4 Å². The first-order valence-corrected chi connectivity index (χ1v) is 11.5. The summed E-state index contributed by atoms with van der Waals surface area (Å²) >= 11 is 5.97. The summed E-state index contributed by atoms with van der Waals surface area (Å²) in [4.78, 5) is 12.7. The molecule has 0 saturated carbocycles. The van der Waals surface area contributed by atoms with Crippen LogP contribution >= 0.6 is 11.6 Å². The fourth-order valence-corrected chi connectivity index (χ4v) is 5.11. The second-order valence-corrected chi connectivity index (χ2v) is 9.63. The number of ether oxygens (including phenoxy) is 2. The number of anilines is 1. The van der Waals surface area contributed by atoms with Gasteiger partial charge in [-0.3, -0.25) is 4.79 Å². The van der Waals surface area contributed by atoms with E-state index in [9.17, 15) is 13.2 Å². The van der Waals surface area contributed by atoms with E-state index in [4.69, 9.17) is 21.1 Å². The summed E-state index contributed by atoms with van der Waals surface area (Å²) in [6.45, 7) is 0.172. The third kappa shape index (κ3) is 3.89. The van der Waals surface area contributed by atoms with Crippen LogP contribution in [-0.4, -0.2) is 30.9 Å². The summed E-state index contributed by atoms with van der Waals surface area (Å²) in [6, 6.07) is 12.2. The van der Waals surface area contributed by atoms with Crippen molar-refractivity contribution >= 4 is 39.2 Å². The second kappa shape index (κ2) is 7.44. The smallest absolute Gasteiger partial charge is 0.249 e. The molecule has 0 bridgehead atoms. The Morgan fingerprint density at radius 1 is 1.10 bits per heavy atom. The fourth-order valence-electron chi connectivity index (χ4n) is 3.49. The van der Waals surface area contributed by atoms with Crippen LogP contribution in [0, 0.1) is 0 Å². The first-order chi connectivity index (χ1) is 14.9. The van der Waals surface area contributed by atoms with Crippen LogP contribution in [0.25, 0.3) is 11.8 Å². The van der Waals surface area contributed by atoms with Crippen LogP contribution in [0.3, 0.4) is 0 Å². The molecule has 3 aromatic rings. The molecule has 0 spiro atoms. The SMILES string of the molecule is O=C(C=Cc1ccc2c(c1)OCO2)Nc1c2c(nn1-c1ccc(Cl)cc1)CS(=O)(=O)C2.